The van der Waals surface area contributed by atoms with Gasteiger partial charge in [-0.2, -0.15) is 0 Å². The van der Waals surface area contributed by atoms with E-state index in [-0.39, 0.29) is 5.75 Å². The van der Waals surface area contributed by atoms with Gasteiger partial charge in [0.2, 0.25) is 0 Å². The van der Waals surface area contributed by atoms with Crippen molar-refractivity contribution in [2.24, 2.45) is 0 Å². The molecule has 0 unspecified atom stereocenters. The summed E-state index contributed by atoms with van der Waals surface area (Å²) in [4.78, 5) is 0. The van der Waals surface area contributed by atoms with Crippen molar-refractivity contribution in [3.63, 3.8) is 0 Å². The monoisotopic (exact) mass is 218 g/mol. The van der Waals surface area contributed by atoms with Crippen molar-refractivity contribution in [1.82, 2.24) is 0 Å². The molecule has 0 aromatic heterocycles. The first-order valence-corrected chi connectivity index (χ1v) is 5.15. The molecule has 0 bridgehead atoms. The highest BCUT2D eigenvalue weighted by molar-refractivity contribution is 5.89. The van der Waals surface area contributed by atoms with Crippen LogP contribution in [0.25, 0.3) is 10.8 Å². The SMILES string of the molecule is COCCOc1cc(O)cc2ccccc12. The number of phenols is 1. The number of phenolic OH excluding ortho intramolecular Hbond substituents is 1. The quantitative estimate of drug-likeness (QED) is 0.801. The molecule has 0 heterocycles. The second kappa shape index (κ2) is 4.86. The molecule has 0 amide bonds. The predicted molar refractivity (Wildman–Crippen MR) is 63.0 cm³/mol. The minimum absolute atomic E-state index is 0.214. The smallest absolute Gasteiger partial charge is 0.130 e. The molecular weight excluding hydrogens is 204 g/mol. The van der Waals surface area contributed by atoms with Crippen molar-refractivity contribution in [2.45, 2.75) is 0 Å². The fourth-order valence-corrected chi connectivity index (χ4v) is 1.61. The van der Waals surface area contributed by atoms with E-state index in [9.17, 15) is 5.11 Å². The third-order valence-electron chi connectivity index (χ3n) is 2.35. The minimum Gasteiger partial charge on any atom is -0.508 e. The Morgan fingerprint density at radius 2 is 1.94 bits per heavy atom. The minimum atomic E-state index is 0.214. The highest BCUT2D eigenvalue weighted by atomic mass is 16.5. The van der Waals surface area contributed by atoms with E-state index < -0.39 is 0 Å². The van der Waals surface area contributed by atoms with Gasteiger partial charge in [-0.25, -0.2) is 0 Å². The number of fused-ring (bicyclic) bond motifs is 1. The van der Waals surface area contributed by atoms with Crippen LogP contribution in [0.4, 0.5) is 0 Å². The summed E-state index contributed by atoms with van der Waals surface area (Å²) in [6.07, 6.45) is 0. The molecule has 3 heteroatoms. The van der Waals surface area contributed by atoms with Gasteiger partial charge in [0, 0.05) is 18.6 Å². The number of aromatic hydroxyl groups is 1. The van der Waals surface area contributed by atoms with E-state index in [0.29, 0.717) is 19.0 Å². The molecule has 1 N–H and O–H groups in total. The molecule has 84 valence electrons. The van der Waals surface area contributed by atoms with Crippen molar-refractivity contribution in [3.05, 3.63) is 36.4 Å². The highest BCUT2D eigenvalue weighted by Crippen LogP contribution is 2.30. The van der Waals surface area contributed by atoms with Crippen molar-refractivity contribution in [3.8, 4) is 11.5 Å². The van der Waals surface area contributed by atoms with Crippen LogP contribution in [-0.4, -0.2) is 25.4 Å². The Hall–Kier alpha value is -1.74. The normalized spacial score (nSPS) is 10.6. The Bertz CT molecular complexity index is 480. The maximum atomic E-state index is 9.56. The van der Waals surface area contributed by atoms with E-state index in [1.165, 1.54) is 0 Å². The molecule has 0 saturated carbocycles. The molecule has 2 aromatic rings. The molecule has 0 atom stereocenters. The van der Waals surface area contributed by atoms with E-state index in [0.717, 1.165) is 10.8 Å². The molecule has 0 saturated heterocycles. The Kier molecular flexibility index (Phi) is 3.27. The van der Waals surface area contributed by atoms with Gasteiger partial charge < -0.3 is 14.6 Å². The summed E-state index contributed by atoms with van der Waals surface area (Å²) in [5.41, 5.74) is 0. The van der Waals surface area contributed by atoms with Gasteiger partial charge in [0.15, 0.2) is 0 Å². The Labute approximate surface area is 94.2 Å². The summed E-state index contributed by atoms with van der Waals surface area (Å²) >= 11 is 0. The topological polar surface area (TPSA) is 38.7 Å². The first-order valence-electron chi connectivity index (χ1n) is 5.15. The van der Waals surface area contributed by atoms with Gasteiger partial charge >= 0.3 is 0 Å². The van der Waals surface area contributed by atoms with Gasteiger partial charge in [-0.15, -0.1) is 0 Å². The van der Waals surface area contributed by atoms with Crippen molar-refractivity contribution in [1.29, 1.82) is 0 Å². The summed E-state index contributed by atoms with van der Waals surface area (Å²) in [5, 5.41) is 11.5. The Balaban J connectivity index is 2.34. The van der Waals surface area contributed by atoms with E-state index in [2.05, 4.69) is 0 Å². The second-order valence-corrected chi connectivity index (χ2v) is 3.51. The second-order valence-electron chi connectivity index (χ2n) is 3.51. The first-order chi connectivity index (χ1) is 7.81. The largest absolute Gasteiger partial charge is 0.508 e. The lowest BCUT2D eigenvalue weighted by molar-refractivity contribution is 0.147. The first kappa shape index (κ1) is 10.8. The van der Waals surface area contributed by atoms with Crippen molar-refractivity contribution >= 4 is 10.8 Å². The van der Waals surface area contributed by atoms with Crippen LogP contribution in [0.5, 0.6) is 11.5 Å². The molecule has 16 heavy (non-hydrogen) atoms. The number of hydrogen-bond donors (Lipinski definition) is 1. The zero-order valence-corrected chi connectivity index (χ0v) is 9.14. The van der Waals surface area contributed by atoms with Gasteiger partial charge in [-0.05, 0) is 11.5 Å². The maximum absolute atomic E-state index is 9.56. The zero-order valence-electron chi connectivity index (χ0n) is 9.14. The lowest BCUT2D eigenvalue weighted by Crippen LogP contribution is -2.04. The number of methoxy groups -OCH3 is 1. The standard InChI is InChI=1S/C13H14O3/c1-15-6-7-16-13-9-11(14)8-10-4-2-3-5-12(10)13/h2-5,8-9,14H,6-7H2,1H3. The van der Waals surface area contributed by atoms with Gasteiger partial charge in [0.25, 0.3) is 0 Å². The van der Waals surface area contributed by atoms with Crippen molar-refractivity contribution < 1.29 is 14.6 Å². The van der Waals surface area contributed by atoms with Crippen LogP contribution in [0.3, 0.4) is 0 Å². The zero-order chi connectivity index (χ0) is 11.4. The summed E-state index contributed by atoms with van der Waals surface area (Å²) in [6, 6.07) is 11.1. The average Bonchev–Trinajstić information content (AvgIpc) is 2.29. The molecule has 2 rings (SSSR count). The van der Waals surface area contributed by atoms with E-state index in [1.54, 1.807) is 19.2 Å². The Morgan fingerprint density at radius 3 is 2.75 bits per heavy atom. The van der Waals surface area contributed by atoms with E-state index >= 15 is 0 Å². The number of rotatable bonds is 4. The average molecular weight is 218 g/mol. The number of benzene rings is 2. The number of ether oxygens (including phenoxy) is 2. The molecule has 0 aliphatic carbocycles. The van der Waals surface area contributed by atoms with Gasteiger partial charge in [-0.1, -0.05) is 24.3 Å². The summed E-state index contributed by atoms with van der Waals surface area (Å²) in [6.45, 7) is 1.01. The van der Waals surface area contributed by atoms with Gasteiger partial charge in [-0.3, -0.25) is 0 Å². The fraction of sp³-hybridized carbons (Fsp3) is 0.231. The van der Waals surface area contributed by atoms with Crippen LogP contribution in [0.15, 0.2) is 36.4 Å². The lowest BCUT2D eigenvalue weighted by atomic mass is 10.1. The molecule has 0 fully saturated rings. The van der Waals surface area contributed by atoms with Crippen LogP contribution in [0.1, 0.15) is 0 Å². The fourth-order valence-electron chi connectivity index (χ4n) is 1.61. The molecule has 0 aliphatic rings. The van der Waals surface area contributed by atoms with Crippen molar-refractivity contribution in [2.75, 3.05) is 20.3 Å². The molecule has 0 aliphatic heterocycles. The van der Waals surface area contributed by atoms with Gasteiger partial charge in [0.05, 0.1) is 6.61 Å². The highest BCUT2D eigenvalue weighted by Gasteiger charge is 2.04. The maximum Gasteiger partial charge on any atom is 0.130 e. The molecule has 3 nitrogen and oxygen atoms in total. The third kappa shape index (κ3) is 2.25. The summed E-state index contributed by atoms with van der Waals surface area (Å²) in [7, 11) is 1.63. The van der Waals surface area contributed by atoms with Crippen LogP contribution in [-0.2, 0) is 4.74 Å². The summed E-state index contributed by atoms with van der Waals surface area (Å²) in [5.74, 6) is 0.902. The predicted octanol–water partition coefficient (Wildman–Crippen LogP) is 2.57. The van der Waals surface area contributed by atoms with Crippen LogP contribution in [0.2, 0.25) is 0 Å². The van der Waals surface area contributed by atoms with Crippen LogP contribution in [0, 0.1) is 0 Å². The van der Waals surface area contributed by atoms with Crippen LogP contribution >= 0.6 is 0 Å². The molecule has 0 radical (unpaired) electrons. The Morgan fingerprint density at radius 1 is 1.12 bits per heavy atom. The third-order valence-corrected chi connectivity index (χ3v) is 2.35. The summed E-state index contributed by atoms with van der Waals surface area (Å²) < 4.78 is 10.5. The molecule has 2 aromatic carbocycles. The van der Waals surface area contributed by atoms with E-state index in [1.807, 2.05) is 24.3 Å². The van der Waals surface area contributed by atoms with Crippen LogP contribution < -0.4 is 4.74 Å². The number of hydrogen-bond acceptors (Lipinski definition) is 3. The van der Waals surface area contributed by atoms with E-state index in [4.69, 9.17) is 9.47 Å². The molecular formula is C13H14O3. The van der Waals surface area contributed by atoms with Gasteiger partial charge in [0.1, 0.15) is 18.1 Å². The lowest BCUT2D eigenvalue weighted by Gasteiger charge is -2.09. The molecule has 0 spiro atoms.